The topological polar surface area (TPSA) is 44.0 Å². The summed E-state index contributed by atoms with van der Waals surface area (Å²) in [5.41, 5.74) is 0.422. The van der Waals surface area contributed by atoms with Crippen molar-refractivity contribution in [1.29, 1.82) is 0 Å². The van der Waals surface area contributed by atoms with Crippen LogP contribution in [0.1, 0.15) is 33.4 Å². The van der Waals surface area contributed by atoms with Gasteiger partial charge in [0.2, 0.25) is 0 Å². The van der Waals surface area contributed by atoms with E-state index >= 15 is 0 Å². The highest BCUT2D eigenvalue weighted by Gasteiger charge is 2.09. The molecule has 0 spiro atoms. The van der Waals surface area contributed by atoms with Gasteiger partial charge in [0.1, 0.15) is 0 Å². The van der Waals surface area contributed by atoms with Gasteiger partial charge in [0.05, 0.1) is 0 Å². The molecule has 0 saturated carbocycles. The van der Waals surface area contributed by atoms with Gasteiger partial charge in [0, 0.05) is 36.4 Å². The maximum atomic E-state index is 12.6. The molecule has 0 unspecified atom stereocenters. The summed E-state index contributed by atoms with van der Waals surface area (Å²) in [5, 5.41) is 0. The first-order valence-electron chi connectivity index (χ1n) is 8.29. The Morgan fingerprint density at radius 2 is 1.39 bits per heavy atom. The minimum Gasteiger partial charge on any atom is -0.297 e. The fourth-order valence-electron chi connectivity index (χ4n) is 2.15. The lowest BCUT2D eigenvalue weighted by molar-refractivity contribution is 0.579. The SMILES string of the molecule is Cc1cc(=O)n(CCSCC(C)C)c(=O)n1CCSCC(C)C. The molecular weight excluding hydrogens is 328 g/mol. The van der Waals surface area contributed by atoms with Gasteiger partial charge in [-0.3, -0.25) is 13.9 Å². The molecule has 4 nitrogen and oxygen atoms in total. The fraction of sp³-hybridized carbons (Fsp3) is 0.765. The lowest BCUT2D eigenvalue weighted by Gasteiger charge is -2.13. The summed E-state index contributed by atoms with van der Waals surface area (Å²) in [7, 11) is 0. The Morgan fingerprint density at radius 1 is 0.913 bits per heavy atom. The normalized spacial score (nSPS) is 11.6. The second kappa shape index (κ2) is 10.3. The van der Waals surface area contributed by atoms with Crippen LogP contribution in [0.5, 0.6) is 0 Å². The molecule has 0 atom stereocenters. The summed E-state index contributed by atoms with van der Waals surface area (Å²) in [6.45, 7) is 11.7. The third kappa shape index (κ3) is 7.21. The largest absolute Gasteiger partial charge is 0.331 e. The van der Waals surface area contributed by atoms with E-state index < -0.39 is 0 Å². The lowest BCUT2D eigenvalue weighted by Crippen LogP contribution is -2.41. The van der Waals surface area contributed by atoms with Gasteiger partial charge < -0.3 is 0 Å². The van der Waals surface area contributed by atoms with E-state index in [4.69, 9.17) is 0 Å². The number of rotatable bonds is 10. The highest BCUT2D eigenvalue weighted by molar-refractivity contribution is 7.99. The number of nitrogens with zero attached hydrogens (tertiary/aromatic N) is 2. The van der Waals surface area contributed by atoms with Crippen LogP contribution in [0.4, 0.5) is 0 Å². The lowest BCUT2D eigenvalue weighted by atomic mass is 10.3. The maximum Gasteiger partial charge on any atom is 0.331 e. The van der Waals surface area contributed by atoms with Crippen molar-refractivity contribution in [1.82, 2.24) is 9.13 Å². The molecule has 0 saturated heterocycles. The van der Waals surface area contributed by atoms with Gasteiger partial charge in [0.15, 0.2) is 0 Å². The molecule has 1 aromatic rings. The van der Waals surface area contributed by atoms with Crippen molar-refractivity contribution in [3.63, 3.8) is 0 Å². The highest BCUT2D eigenvalue weighted by atomic mass is 32.2. The third-order valence-corrected chi connectivity index (χ3v) is 6.05. The number of hydrogen-bond donors (Lipinski definition) is 0. The summed E-state index contributed by atoms with van der Waals surface area (Å²) in [6, 6.07) is 1.58. The van der Waals surface area contributed by atoms with Crippen molar-refractivity contribution in [3.8, 4) is 0 Å². The Bertz CT molecular complexity index is 591. The Morgan fingerprint density at radius 3 is 1.87 bits per heavy atom. The molecule has 6 heteroatoms. The summed E-state index contributed by atoms with van der Waals surface area (Å²) in [5.74, 6) is 5.15. The molecule has 0 N–H and O–H groups in total. The van der Waals surface area contributed by atoms with Gasteiger partial charge in [-0.1, -0.05) is 27.7 Å². The Balaban J connectivity index is 2.73. The standard InChI is InChI=1S/C17H30N2O2S2/c1-13(2)11-22-8-6-18-15(5)10-16(20)19(17(18)21)7-9-23-12-14(3)4/h10,13-14H,6-9,11-12H2,1-5H3. The zero-order valence-electron chi connectivity index (χ0n) is 15.0. The highest BCUT2D eigenvalue weighted by Crippen LogP contribution is 2.08. The molecule has 1 aromatic heterocycles. The van der Waals surface area contributed by atoms with Gasteiger partial charge in [-0.15, -0.1) is 0 Å². The number of aryl methyl sites for hydroxylation is 1. The molecular formula is C17H30N2O2S2. The predicted octanol–water partition coefficient (Wildman–Crippen LogP) is 3.10. The summed E-state index contributed by atoms with van der Waals surface area (Å²) in [4.78, 5) is 24.7. The molecule has 0 aromatic carbocycles. The van der Waals surface area contributed by atoms with Crippen LogP contribution in [-0.4, -0.2) is 32.1 Å². The molecule has 0 aliphatic carbocycles. The maximum absolute atomic E-state index is 12.6. The average Bonchev–Trinajstić information content (AvgIpc) is 2.44. The molecule has 1 rings (SSSR count). The first-order chi connectivity index (χ1) is 10.8. The van der Waals surface area contributed by atoms with Crippen LogP contribution in [0.25, 0.3) is 0 Å². The average molecular weight is 359 g/mol. The van der Waals surface area contributed by atoms with Gasteiger partial charge in [-0.2, -0.15) is 23.5 Å². The number of aromatic nitrogens is 2. The van der Waals surface area contributed by atoms with Crippen molar-refractivity contribution in [2.75, 3.05) is 23.0 Å². The Kier molecular flexibility index (Phi) is 9.14. The molecule has 0 aliphatic heterocycles. The van der Waals surface area contributed by atoms with Crippen molar-refractivity contribution >= 4 is 23.5 Å². The summed E-state index contributed by atoms with van der Waals surface area (Å²) < 4.78 is 3.12. The minimum absolute atomic E-state index is 0.162. The van der Waals surface area contributed by atoms with E-state index in [9.17, 15) is 9.59 Å². The van der Waals surface area contributed by atoms with Crippen molar-refractivity contribution in [3.05, 3.63) is 32.6 Å². The molecule has 0 amide bonds. The van der Waals surface area contributed by atoms with Crippen LogP contribution < -0.4 is 11.2 Å². The van der Waals surface area contributed by atoms with Gasteiger partial charge in [-0.05, 0) is 30.3 Å². The van der Waals surface area contributed by atoms with E-state index in [0.29, 0.717) is 24.9 Å². The van der Waals surface area contributed by atoms with Crippen LogP contribution in [0.3, 0.4) is 0 Å². The Hall–Kier alpha value is -0.620. The zero-order chi connectivity index (χ0) is 17.4. The van der Waals surface area contributed by atoms with Crippen molar-refractivity contribution < 1.29 is 0 Å². The Labute approximate surface area is 148 Å². The second-order valence-electron chi connectivity index (χ2n) is 6.65. The molecule has 0 aliphatic rings. The van der Waals surface area contributed by atoms with Gasteiger partial charge in [-0.25, -0.2) is 4.79 Å². The minimum atomic E-state index is -0.177. The molecule has 0 bridgehead atoms. The van der Waals surface area contributed by atoms with E-state index in [0.717, 1.165) is 28.7 Å². The van der Waals surface area contributed by atoms with Crippen LogP contribution in [0, 0.1) is 18.8 Å². The van der Waals surface area contributed by atoms with Crippen molar-refractivity contribution in [2.45, 2.75) is 47.7 Å². The van der Waals surface area contributed by atoms with E-state index in [1.807, 2.05) is 18.7 Å². The molecule has 1 heterocycles. The van der Waals surface area contributed by atoms with E-state index in [1.165, 1.54) is 4.57 Å². The van der Waals surface area contributed by atoms with E-state index in [-0.39, 0.29) is 11.2 Å². The first kappa shape index (κ1) is 20.4. The molecule has 23 heavy (non-hydrogen) atoms. The summed E-state index contributed by atoms with van der Waals surface area (Å²) in [6.07, 6.45) is 0. The van der Waals surface area contributed by atoms with Crippen LogP contribution in [0.2, 0.25) is 0 Å². The smallest absolute Gasteiger partial charge is 0.297 e. The predicted molar refractivity (Wildman–Crippen MR) is 104 cm³/mol. The zero-order valence-corrected chi connectivity index (χ0v) is 16.6. The van der Waals surface area contributed by atoms with E-state index in [1.54, 1.807) is 22.4 Å². The van der Waals surface area contributed by atoms with E-state index in [2.05, 4.69) is 27.7 Å². The molecule has 0 radical (unpaired) electrons. The van der Waals surface area contributed by atoms with Crippen LogP contribution >= 0.6 is 23.5 Å². The monoisotopic (exact) mass is 358 g/mol. The van der Waals surface area contributed by atoms with Crippen LogP contribution in [0.15, 0.2) is 15.7 Å². The quantitative estimate of drug-likeness (QED) is 0.603. The summed E-state index contributed by atoms with van der Waals surface area (Å²) >= 11 is 3.65. The fourth-order valence-corrected chi connectivity index (χ4v) is 4.05. The van der Waals surface area contributed by atoms with Gasteiger partial charge in [0.25, 0.3) is 5.56 Å². The second-order valence-corrected chi connectivity index (χ2v) is 8.95. The third-order valence-electron chi connectivity index (χ3n) is 3.31. The van der Waals surface area contributed by atoms with Crippen molar-refractivity contribution in [2.24, 2.45) is 11.8 Å². The first-order valence-corrected chi connectivity index (χ1v) is 10.6. The number of hydrogen-bond acceptors (Lipinski definition) is 4. The molecule has 0 fully saturated rings. The van der Waals surface area contributed by atoms with Crippen LogP contribution in [-0.2, 0) is 13.1 Å². The number of thioether (sulfide) groups is 2. The molecule has 132 valence electrons. The van der Waals surface area contributed by atoms with Gasteiger partial charge >= 0.3 is 5.69 Å².